The minimum Gasteiger partial charge on any atom is -0.352 e. The fourth-order valence-electron chi connectivity index (χ4n) is 1.91. The Morgan fingerprint density at radius 2 is 1.83 bits per heavy atom. The molecule has 0 radical (unpaired) electrons. The summed E-state index contributed by atoms with van der Waals surface area (Å²) in [5, 5.41) is 2.65. The quantitative estimate of drug-likeness (QED) is 0.730. The van der Waals surface area contributed by atoms with Crippen molar-refractivity contribution in [2.45, 2.75) is 17.9 Å². The third kappa shape index (κ3) is 5.70. The summed E-state index contributed by atoms with van der Waals surface area (Å²) in [6.07, 6.45) is 0.00836. The van der Waals surface area contributed by atoms with E-state index in [2.05, 4.69) is 26.0 Å². The van der Waals surface area contributed by atoms with Crippen molar-refractivity contribution in [2.24, 2.45) is 0 Å². The monoisotopic (exact) mass is 414 g/mol. The van der Waals surface area contributed by atoms with Gasteiger partial charge in [0.25, 0.3) is 0 Å². The molecule has 24 heavy (non-hydrogen) atoms. The Balaban J connectivity index is 1.78. The molecule has 0 saturated carbocycles. The Morgan fingerprint density at radius 1 is 1.12 bits per heavy atom. The van der Waals surface area contributed by atoms with Gasteiger partial charge < -0.3 is 5.32 Å². The van der Waals surface area contributed by atoms with Gasteiger partial charge in [0.15, 0.2) is 0 Å². The lowest BCUT2D eigenvalue weighted by Gasteiger charge is -2.08. The van der Waals surface area contributed by atoms with Crippen LogP contribution in [0.25, 0.3) is 0 Å². The number of sulfonamides is 1. The minimum absolute atomic E-state index is 0.00836. The predicted molar refractivity (Wildman–Crippen MR) is 92.2 cm³/mol. The molecule has 0 aliphatic rings. The number of benzene rings is 2. The van der Waals surface area contributed by atoms with Crippen LogP contribution in [0.1, 0.15) is 12.0 Å². The molecule has 0 heterocycles. The van der Waals surface area contributed by atoms with Crippen LogP contribution in [0.3, 0.4) is 0 Å². The van der Waals surface area contributed by atoms with E-state index in [4.69, 9.17) is 0 Å². The number of hydrogen-bond donors (Lipinski definition) is 2. The molecule has 2 rings (SSSR count). The SMILES string of the molecule is O=C(CCNS(=O)(=O)c1cccc(Br)c1)NCc1ccc(F)cc1. The third-order valence-corrected chi connectivity index (χ3v) is 5.11. The summed E-state index contributed by atoms with van der Waals surface area (Å²) in [5.74, 6) is -0.636. The Morgan fingerprint density at radius 3 is 2.50 bits per heavy atom. The molecule has 0 bridgehead atoms. The summed E-state index contributed by atoms with van der Waals surface area (Å²) >= 11 is 3.21. The van der Waals surface area contributed by atoms with Gasteiger partial charge in [0.2, 0.25) is 15.9 Å². The Hall–Kier alpha value is -1.77. The summed E-state index contributed by atoms with van der Waals surface area (Å²) in [6, 6.07) is 12.1. The number of halogens is 2. The standard InChI is InChI=1S/C16H16BrFN2O3S/c17-13-2-1-3-15(10-13)24(22,23)20-9-8-16(21)19-11-12-4-6-14(18)7-5-12/h1-7,10,20H,8-9,11H2,(H,19,21). The fraction of sp³-hybridized carbons (Fsp3) is 0.188. The first-order valence-corrected chi connectivity index (χ1v) is 9.41. The average Bonchev–Trinajstić information content (AvgIpc) is 2.54. The Labute approximate surface area is 148 Å². The van der Waals surface area contributed by atoms with Crippen molar-refractivity contribution >= 4 is 31.9 Å². The molecule has 0 aromatic heterocycles. The van der Waals surface area contributed by atoms with Gasteiger partial charge in [0.05, 0.1) is 4.90 Å². The zero-order valence-corrected chi connectivity index (χ0v) is 15.0. The van der Waals surface area contributed by atoms with E-state index >= 15 is 0 Å². The molecule has 128 valence electrons. The lowest BCUT2D eigenvalue weighted by molar-refractivity contribution is -0.121. The molecule has 0 unspecified atom stereocenters. The first kappa shape index (κ1) is 18.6. The molecule has 5 nitrogen and oxygen atoms in total. The molecular formula is C16H16BrFN2O3S. The van der Waals surface area contributed by atoms with Gasteiger partial charge in [-0.1, -0.05) is 34.1 Å². The van der Waals surface area contributed by atoms with Crippen molar-refractivity contribution in [3.63, 3.8) is 0 Å². The largest absolute Gasteiger partial charge is 0.352 e. The van der Waals surface area contributed by atoms with E-state index in [1.165, 1.54) is 24.3 Å². The highest BCUT2D eigenvalue weighted by molar-refractivity contribution is 9.10. The number of carbonyl (C=O) groups is 1. The van der Waals surface area contributed by atoms with Crippen molar-refractivity contribution in [2.75, 3.05) is 6.54 Å². The second kappa shape index (κ2) is 8.36. The lowest BCUT2D eigenvalue weighted by atomic mass is 10.2. The minimum atomic E-state index is -3.65. The highest BCUT2D eigenvalue weighted by Crippen LogP contribution is 2.15. The van der Waals surface area contributed by atoms with E-state index in [9.17, 15) is 17.6 Å². The van der Waals surface area contributed by atoms with E-state index in [1.807, 2.05) is 0 Å². The van der Waals surface area contributed by atoms with Gasteiger partial charge in [-0.05, 0) is 35.9 Å². The van der Waals surface area contributed by atoms with Gasteiger partial charge in [-0.25, -0.2) is 17.5 Å². The Bertz CT molecular complexity index is 810. The van der Waals surface area contributed by atoms with Crippen molar-refractivity contribution in [3.8, 4) is 0 Å². The van der Waals surface area contributed by atoms with E-state index in [0.29, 0.717) is 4.47 Å². The molecule has 2 aromatic carbocycles. The number of rotatable bonds is 7. The maximum atomic E-state index is 12.8. The highest BCUT2D eigenvalue weighted by atomic mass is 79.9. The van der Waals surface area contributed by atoms with Gasteiger partial charge in [-0.15, -0.1) is 0 Å². The normalized spacial score (nSPS) is 11.2. The fourth-order valence-corrected chi connectivity index (χ4v) is 3.54. The van der Waals surface area contributed by atoms with E-state index in [0.717, 1.165) is 5.56 Å². The van der Waals surface area contributed by atoms with Crippen LogP contribution < -0.4 is 10.0 Å². The Kier molecular flexibility index (Phi) is 6.47. The molecular weight excluding hydrogens is 399 g/mol. The second-order valence-electron chi connectivity index (χ2n) is 5.01. The van der Waals surface area contributed by atoms with Crippen LogP contribution in [0.4, 0.5) is 4.39 Å². The van der Waals surface area contributed by atoms with E-state index in [-0.39, 0.29) is 36.1 Å². The van der Waals surface area contributed by atoms with Crippen molar-refractivity contribution in [1.29, 1.82) is 0 Å². The molecule has 2 aromatic rings. The number of nitrogens with one attached hydrogen (secondary N) is 2. The van der Waals surface area contributed by atoms with Crippen LogP contribution in [-0.2, 0) is 21.4 Å². The van der Waals surface area contributed by atoms with E-state index < -0.39 is 10.0 Å². The third-order valence-electron chi connectivity index (χ3n) is 3.15. The van der Waals surface area contributed by atoms with Gasteiger partial charge in [0.1, 0.15) is 5.82 Å². The van der Waals surface area contributed by atoms with Crippen molar-refractivity contribution in [1.82, 2.24) is 10.0 Å². The summed E-state index contributed by atoms with van der Waals surface area (Å²) in [4.78, 5) is 11.9. The van der Waals surface area contributed by atoms with Gasteiger partial charge in [-0.3, -0.25) is 4.79 Å². The smallest absolute Gasteiger partial charge is 0.240 e. The molecule has 0 atom stereocenters. The van der Waals surface area contributed by atoms with Gasteiger partial charge in [-0.2, -0.15) is 0 Å². The van der Waals surface area contributed by atoms with Crippen LogP contribution in [-0.4, -0.2) is 20.9 Å². The first-order chi connectivity index (χ1) is 11.4. The topological polar surface area (TPSA) is 75.3 Å². The predicted octanol–water partition coefficient (Wildman–Crippen LogP) is 2.57. The molecule has 0 fully saturated rings. The summed E-state index contributed by atoms with van der Waals surface area (Å²) in [7, 11) is -3.65. The zero-order valence-electron chi connectivity index (χ0n) is 12.6. The first-order valence-electron chi connectivity index (χ1n) is 7.13. The molecule has 8 heteroatoms. The zero-order chi connectivity index (χ0) is 17.6. The van der Waals surface area contributed by atoms with Crippen LogP contribution >= 0.6 is 15.9 Å². The van der Waals surface area contributed by atoms with Gasteiger partial charge in [0, 0.05) is 24.0 Å². The average molecular weight is 415 g/mol. The number of hydrogen-bond acceptors (Lipinski definition) is 3. The maximum absolute atomic E-state index is 12.8. The lowest BCUT2D eigenvalue weighted by Crippen LogP contribution is -2.30. The maximum Gasteiger partial charge on any atom is 0.240 e. The number of amides is 1. The molecule has 0 spiro atoms. The summed E-state index contributed by atoms with van der Waals surface area (Å²) in [6.45, 7) is 0.252. The molecule has 0 aliphatic carbocycles. The highest BCUT2D eigenvalue weighted by Gasteiger charge is 2.14. The molecule has 0 aliphatic heterocycles. The number of carbonyl (C=O) groups excluding carboxylic acids is 1. The van der Waals surface area contributed by atoms with Crippen LogP contribution in [0, 0.1) is 5.82 Å². The second-order valence-corrected chi connectivity index (χ2v) is 7.69. The summed E-state index contributed by atoms with van der Waals surface area (Å²) < 4.78 is 40.0. The van der Waals surface area contributed by atoms with Crippen molar-refractivity contribution in [3.05, 3.63) is 64.4 Å². The molecule has 0 saturated heterocycles. The van der Waals surface area contributed by atoms with Gasteiger partial charge >= 0.3 is 0 Å². The van der Waals surface area contributed by atoms with E-state index in [1.54, 1.807) is 24.3 Å². The molecule has 1 amide bonds. The van der Waals surface area contributed by atoms with Crippen molar-refractivity contribution < 1.29 is 17.6 Å². The van der Waals surface area contributed by atoms with Crippen LogP contribution in [0.2, 0.25) is 0 Å². The summed E-state index contributed by atoms with van der Waals surface area (Å²) in [5.41, 5.74) is 0.763. The van der Waals surface area contributed by atoms with Crippen LogP contribution in [0.5, 0.6) is 0 Å². The molecule has 2 N–H and O–H groups in total. The van der Waals surface area contributed by atoms with Crippen LogP contribution in [0.15, 0.2) is 57.9 Å².